The Morgan fingerprint density at radius 3 is 2.72 bits per heavy atom. The van der Waals surface area contributed by atoms with Gasteiger partial charge in [0.2, 0.25) is 0 Å². The van der Waals surface area contributed by atoms with Crippen molar-refractivity contribution in [3.05, 3.63) is 57.5 Å². The third-order valence-electron chi connectivity index (χ3n) is 2.18. The van der Waals surface area contributed by atoms with Crippen molar-refractivity contribution in [1.82, 2.24) is 4.98 Å². The van der Waals surface area contributed by atoms with Gasteiger partial charge in [0.1, 0.15) is 10.4 Å². The molecule has 1 amide bonds. The lowest BCUT2D eigenvalue weighted by atomic mass is 10.2. The summed E-state index contributed by atoms with van der Waals surface area (Å²) in [5, 5.41) is 2.59. The van der Waals surface area contributed by atoms with Crippen molar-refractivity contribution in [2.75, 3.05) is 5.32 Å². The molecule has 2 rings (SSSR count). The second-order valence-electron chi connectivity index (χ2n) is 3.42. The summed E-state index contributed by atoms with van der Waals surface area (Å²) in [6.45, 7) is 0. The van der Waals surface area contributed by atoms with Crippen LogP contribution in [0.25, 0.3) is 0 Å². The van der Waals surface area contributed by atoms with Crippen molar-refractivity contribution in [3.63, 3.8) is 0 Å². The smallest absolute Gasteiger partial charge is 0.260 e. The van der Waals surface area contributed by atoms with Crippen molar-refractivity contribution in [2.24, 2.45) is 0 Å². The number of nitrogens with one attached hydrogen (secondary N) is 1. The van der Waals surface area contributed by atoms with Gasteiger partial charge < -0.3 is 5.32 Å². The number of nitrogens with zero attached hydrogens (tertiary/aromatic N) is 1. The van der Waals surface area contributed by atoms with E-state index in [9.17, 15) is 9.18 Å². The Hall–Kier alpha value is -1.46. The van der Waals surface area contributed by atoms with Gasteiger partial charge in [-0.15, -0.1) is 0 Å². The molecule has 18 heavy (non-hydrogen) atoms. The van der Waals surface area contributed by atoms with Gasteiger partial charge in [-0.1, -0.05) is 17.7 Å². The topological polar surface area (TPSA) is 42.0 Å². The number of carbonyl (C=O) groups is 1. The highest BCUT2D eigenvalue weighted by molar-refractivity contribution is 9.10. The highest BCUT2D eigenvalue weighted by atomic mass is 79.9. The fourth-order valence-corrected chi connectivity index (χ4v) is 1.84. The Bertz CT molecular complexity index is 569. The molecule has 3 nitrogen and oxygen atoms in total. The zero-order valence-electron chi connectivity index (χ0n) is 8.95. The predicted molar refractivity (Wildman–Crippen MR) is 71.3 cm³/mol. The van der Waals surface area contributed by atoms with E-state index in [-0.39, 0.29) is 10.6 Å². The van der Waals surface area contributed by atoms with Gasteiger partial charge in [-0.05, 0) is 40.2 Å². The van der Waals surface area contributed by atoms with Crippen LogP contribution in [0.15, 0.2) is 41.1 Å². The van der Waals surface area contributed by atoms with Crippen LogP contribution in [-0.2, 0) is 0 Å². The fraction of sp³-hybridized carbons (Fsp3) is 0. The second-order valence-corrected chi connectivity index (χ2v) is 4.64. The summed E-state index contributed by atoms with van der Waals surface area (Å²) >= 11 is 8.97. The van der Waals surface area contributed by atoms with Gasteiger partial charge >= 0.3 is 0 Å². The maximum absolute atomic E-state index is 13.5. The van der Waals surface area contributed by atoms with E-state index in [1.54, 1.807) is 12.1 Å². The lowest BCUT2D eigenvalue weighted by Gasteiger charge is -2.07. The van der Waals surface area contributed by atoms with E-state index in [0.717, 1.165) is 0 Å². The lowest BCUT2D eigenvalue weighted by Crippen LogP contribution is -2.14. The van der Waals surface area contributed by atoms with Gasteiger partial charge in [-0.25, -0.2) is 9.37 Å². The van der Waals surface area contributed by atoms with E-state index in [1.165, 1.54) is 24.4 Å². The highest BCUT2D eigenvalue weighted by Crippen LogP contribution is 2.20. The summed E-state index contributed by atoms with van der Waals surface area (Å²) in [6.07, 6.45) is 1.46. The van der Waals surface area contributed by atoms with Gasteiger partial charge in [0.15, 0.2) is 0 Å². The molecule has 0 saturated heterocycles. The number of aromatic nitrogens is 1. The number of halogens is 3. The average molecular weight is 330 g/mol. The van der Waals surface area contributed by atoms with Gasteiger partial charge in [0, 0.05) is 0 Å². The number of pyridine rings is 1. The number of hydrogen-bond acceptors (Lipinski definition) is 2. The molecule has 0 radical (unpaired) electrons. The molecule has 1 aromatic carbocycles. The summed E-state index contributed by atoms with van der Waals surface area (Å²) in [6, 6.07) is 7.39. The Kier molecular flexibility index (Phi) is 3.93. The van der Waals surface area contributed by atoms with Crippen molar-refractivity contribution < 1.29 is 9.18 Å². The van der Waals surface area contributed by atoms with Gasteiger partial charge in [0.25, 0.3) is 5.91 Å². The van der Waals surface area contributed by atoms with E-state index in [4.69, 9.17) is 11.6 Å². The van der Waals surface area contributed by atoms with Gasteiger partial charge in [0.05, 0.1) is 22.5 Å². The third-order valence-corrected chi connectivity index (χ3v) is 2.96. The standard InChI is InChI=1S/C12H7BrClFN2O/c13-10-5-4-7(6-16-10)17-12(18)11-8(14)2-1-3-9(11)15/h1-6H,(H,17,18). The molecular weight excluding hydrogens is 322 g/mol. The summed E-state index contributed by atoms with van der Waals surface area (Å²) in [4.78, 5) is 15.8. The SMILES string of the molecule is O=C(Nc1ccc(Br)nc1)c1c(F)cccc1Cl. The minimum absolute atomic E-state index is 0.0672. The molecule has 1 heterocycles. The van der Waals surface area contributed by atoms with Crippen LogP contribution in [0.1, 0.15) is 10.4 Å². The molecule has 6 heteroatoms. The molecule has 0 bridgehead atoms. The van der Waals surface area contributed by atoms with Crippen LogP contribution in [0.5, 0.6) is 0 Å². The first-order valence-electron chi connectivity index (χ1n) is 4.95. The number of anilines is 1. The predicted octanol–water partition coefficient (Wildman–Crippen LogP) is 3.89. The number of carbonyl (C=O) groups excluding carboxylic acids is 1. The summed E-state index contributed by atoms with van der Waals surface area (Å²) in [5.41, 5.74) is 0.282. The zero-order chi connectivity index (χ0) is 13.1. The number of amides is 1. The Labute approximate surface area is 116 Å². The van der Waals surface area contributed by atoms with Crippen LogP contribution in [-0.4, -0.2) is 10.9 Å². The first-order valence-corrected chi connectivity index (χ1v) is 6.12. The summed E-state index contributed by atoms with van der Waals surface area (Å²) in [7, 11) is 0. The minimum Gasteiger partial charge on any atom is -0.320 e. The molecule has 0 atom stereocenters. The van der Waals surface area contributed by atoms with E-state index >= 15 is 0 Å². The van der Waals surface area contributed by atoms with Crippen molar-refractivity contribution in [2.45, 2.75) is 0 Å². The number of benzene rings is 1. The third kappa shape index (κ3) is 2.86. The van der Waals surface area contributed by atoms with E-state index in [2.05, 4.69) is 26.2 Å². The van der Waals surface area contributed by atoms with E-state index < -0.39 is 11.7 Å². The van der Waals surface area contributed by atoms with Crippen molar-refractivity contribution in [1.29, 1.82) is 0 Å². The number of hydrogen-bond donors (Lipinski definition) is 1. The summed E-state index contributed by atoms with van der Waals surface area (Å²) < 4.78 is 14.1. The maximum Gasteiger partial charge on any atom is 0.260 e. The largest absolute Gasteiger partial charge is 0.320 e. The first-order chi connectivity index (χ1) is 8.58. The van der Waals surface area contributed by atoms with E-state index in [1.807, 2.05) is 0 Å². The van der Waals surface area contributed by atoms with Crippen LogP contribution < -0.4 is 5.32 Å². The molecule has 0 spiro atoms. The van der Waals surface area contributed by atoms with Crippen LogP contribution >= 0.6 is 27.5 Å². The molecular formula is C12H7BrClFN2O. The van der Waals surface area contributed by atoms with Gasteiger partial charge in [-0.2, -0.15) is 0 Å². The molecule has 0 aliphatic rings. The van der Waals surface area contributed by atoms with Crippen molar-refractivity contribution >= 4 is 39.1 Å². The molecule has 2 aromatic rings. The Balaban J connectivity index is 2.25. The highest BCUT2D eigenvalue weighted by Gasteiger charge is 2.15. The molecule has 0 saturated carbocycles. The van der Waals surface area contributed by atoms with Crippen LogP contribution in [0.2, 0.25) is 5.02 Å². The van der Waals surface area contributed by atoms with Crippen LogP contribution in [0, 0.1) is 5.82 Å². The zero-order valence-corrected chi connectivity index (χ0v) is 11.3. The fourth-order valence-electron chi connectivity index (χ4n) is 1.36. The minimum atomic E-state index is -0.662. The monoisotopic (exact) mass is 328 g/mol. The molecule has 0 aliphatic carbocycles. The Morgan fingerprint density at radius 2 is 2.11 bits per heavy atom. The molecule has 1 N–H and O–H groups in total. The number of rotatable bonds is 2. The molecule has 0 aliphatic heterocycles. The maximum atomic E-state index is 13.5. The molecule has 92 valence electrons. The lowest BCUT2D eigenvalue weighted by molar-refractivity contribution is 0.102. The molecule has 0 unspecified atom stereocenters. The quantitative estimate of drug-likeness (QED) is 0.849. The molecule has 0 fully saturated rings. The normalized spacial score (nSPS) is 10.2. The van der Waals surface area contributed by atoms with Crippen molar-refractivity contribution in [3.8, 4) is 0 Å². The molecule has 1 aromatic heterocycles. The summed E-state index contributed by atoms with van der Waals surface area (Å²) in [5.74, 6) is -1.27. The van der Waals surface area contributed by atoms with Gasteiger partial charge in [-0.3, -0.25) is 4.79 Å². The van der Waals surface area contributed by atoms with Crippen LogP contribution in [0.3, 0.4) is 0 Å². The second kappa shape index (κ2) is 5.46. The Morgan fingerprint density at radius 1 is 1.33 bits per heavy atom. The van der Waals surface area contributed by atoms with E-state index in [0.29, 0.717) is 10.3 Å². The average Bonchev–Trinajstić information content (AvgIpc) is 2.32. The van der Waals surface area contributed by atoms with Crippen LogP contribution in [0.4, 0.5) is 10.1 Å². The first kappa shape index (κ1) is 13.0.